The maximum Gasteiger partial charge on any atom is 0.246 e. The number of allylic oxidation sites excluding steroid dienone is 4. The van der Waals surface area contributed by atoms with Crippen LogP contribution in [0.15, 0.2) is 48.6 Å². The molecule has 5 nitrogen and oxygen atoms in total. The number of fused-ring (bicyclic) bond motifs is 1. The maximum atomic E-state index is 6.59. The van der Waals surface area contributed by atoms with Crippen LogP contribution in [-0.2, 0) is 0 Å². The molecule has 0 amide bonds. The Morgan fingerprint density at radius 3 is 2.65 bits per heavy atom. The Labute approximate surface area is 192 Å². The largest absolute Gasteiger partial charge is 0.350 e. The fourth-order valence-electron chi connectivity index (χ4n) is 4.40. The SMILES string of the molecule is CC1C=C(c2cc3nnc(NC4CCCCC4)n3nc2-c2ccccc2Cl)C=CC1Cl. The summed E-state index contributed by atoms with van der Waals surface area (Å²) in [5, 5.41) is 18.0. The summed E-state index contributed by atoms with van der Waals surface area (Å²) in [6, 6.07) is 10.3. The van der Waals surface area contributed by atoms with Crippen molar-refractivity contribution in [1.29, 1.82) is 0 Å². The van der Waals surface area contributed by atoms with Gasteiger partial charge in [0, 0.05) is 17.2 Å². The zero-order valence-corrected chi connectivity index (χ0v) is 18.9. The van der Waals surface area contributed by atoms with E-state index in [4.69, 9.17) is 28.3 Å². The Bertz CT molecular complexity index is 1160. The van der Waals surface area contributed by atoms with E-state index in [9.17, 15) is 0 Å². The van der Waals surface area contributed by atoms with Crippen molar-refractivity contribution < 1.29 is 0 Å². The molecule has 0 saturated heterocycles. The third-order valence-corrected chi connectivity index (χ3v) is 7.05. The summed E-state index contributed by atoms with van der Waals surface area (Å²) in [5.41, 5.74) is 4.44. The molecule has 160 valence electrons. The van der Waals surface area contributed by atoms with Crippen LogP contribution in [0.2, 0.25) is 5.02 Å². The van der Waals surface area contributed by atoms with Gasteiger partial charge in [-0.3, -0.25) is 0 Å². The number of rotatable bonds is 4. The average Bonchev–Trinajstić information content (AvgIpc) is 3.17. The quantitative estimate of drug-likeness (QED) is 0.465. The molecule has 2 atom stereocenters. The summed E-state index contributed by atoms with van der Waals surface area (Å²) in [6.45, 7) is 2.12. The number of hydrogen-bond acceptors (Lipinski definition) is 4. The molecule has 0 spiro atoms. The van der Waals surface area contributed by atoms with Crippen molar-refractivity contribution in [3.8, 4) is 11.3 Å². The zero-order chi connectivity index (χ0) is 21.4. The van der Waals surface area contributed by atoms with Gasteiger partial charge in [-0.2, -0.15) is 9.61 Å². The molecule has 1 saturated carbocycles. The second-order valence-corrected chi connectivity index (χ2v) is 9.36. The molecule has 1 N–H and O–H groups in total. The Kier molecular flexibility index (Phi) is 5.72. The molecule has 5 rings (SSSR count). The summed E-state index contributed by atoms with van der Waals surface area (Å²) < 4.78 is 1.80. The van der Waals surface area contributed by atoms with E-state index in [1.165, 1.54) is 19.3 Å². The average molecular weight is 454 g/mol. The fraction of sp³-hybridized carbons (Fsp3) is 0.375. The number of nitrogens with one attached hydrogen (secondary N) is 1. The second-order valence-electron chi connectivity index (χ2n) is 8.44. The van der Waals surface area contributed by atoms with Gasteiger partial charge in [-0.1, -0.05) is 74.2 Å². The lowest BCUT2D eigenvalue weighted by atomic mass is 9.91. The molecule has 31 heavy (non-hydrogen) atoms. The van der Waals surface area contributed by atoms with Gasteiger partial charge in [-0.15, -0.1) is 21.8 Å². The normalized spacial score (nSPS) is 22.0. The van der Waals surface area contributed by atoms with Crippen LogP contribution in [-0.4, -0.2) is 31.2 Å². The van der Waals surface area contributed by atoms with Gasteiger partial charge in [0.2, 0.25) is 5.95 Å². The molecule has 1 fully saturated rings. The first kappa shape index (κ1) is 20.5. The first-order valence-corrected chi connectivity index (χ1v) is 11.7. The van der Waals surface area contributed by atoms with E-state index in [2.05, 4.69) is 34.6 Å². The van der Waals surface area contributed by atoms with Gasteiger partial charge in [0.05, 0.1) is 10.4 Å². The van der Waals surface area contributed by atoms with Gasteiger partial charge >= 0.3 is 0 Å². The Morgan fingerprint density at radius 1 is 1.06 bits per heavy atom. The van der Waals surface area contributed by atoms with Crippen LogP contribution in [0, 0.1) is 5.92 Å². The van der Waals surface area contributed by atoms with Crippen molar-refractivity contribution in [3.05, 3.63) is 59.1 Å². The van der Waals surface area contributed by atoms with Crippen molar-refractivity contribution in [1.82, 2.24) is 19.8 Å². The summed E-state index contributed by atoms with van der Waals surface area (Å²) >= 11 is 13.0. The van der Waals surface area contributed by atoms with Crippen molar-refractivity contribution in [2.24, 2.45) is 5.92 Å². The van der Waals surface area contributed by atoms with E-state index >= 15 is 0 Å². The molecule has 2 aromatic heterocycles. The van der Waals surface area contributed by atoms with Crippen LogP contribution >= 0.6 is 23.2 Å². The van der Waals surface area contributed by atoms with Gasteiger partial charge in [-0.25, -0.2) is 0 Å². The van der Waals surface area contributed by atoms with Crippen molar-refractivity contribution >= 4 is 40.4 Å². The molecule has 0 bridgehead atoms. The molecule has 2 aliphatic carbocycles. The molecule has 0 aliphatic heterocycles. The first-order chi connectivity index (χ1) is 15.1. The highest BCUT2D eigenvalue weighted by Gasteiger charge is 2.22. The minimum Gasteiger partial charge on any atom is -0.350 e. The van der Waals surface area contributed by atoms with Gasteiger partial charge in [0.25, 0.3) is 0 Å². The Balaban J connectivity index is 1.64. The summed E-state index contributed by atoms with van der Waals surface area (Å²) in [5.74, 6) is 0.905. The third kappa shape index (κ3) is 4.09. The molecule has 2 unspecified atom stereocenters. The van der Waals surface area contributed by atoms with Gasteiger partial charge in [0.15, 0.2) is 5.65 Å². The van der Waals surface area contributed by atoms with Crippen LogP contribution < -0.4 is 5.32 Å². The lowest BCUT2D eigenvalue weighted by molar-refractivity contribution is 0.460. The number of halogens is 2. The highest BCUT2D eigenvalue weighted by Crippen LogP contribution is 2.36. The summed E-state index contributed by atoms with van der Waals surface area (Å²) in [6.07, 6.45) is 12.4. The molecule has 7 heteroatoms. The highest BCUT2D eigenvalue weighted by molar-refractivity contribution is 6.33. The van der Waals surface area contributed by atoms with Crippen molar-refractivity contribution in [2.45, 2.75) is 50.4 Å². The number of alkyl halides is 1. The van der Waals surface area contributed by atoms with Crippen LogP contribution in [0.25, 0.3) is 22.5 Å². The van der Waals surface area contributed by atoms with Crippen LogP contribution in [0.5, 0.6) is 0 Å². The number of anilines is 1. The first-order valence-electron chi connectivity index (χ1n) is 10.9. The molecule has 2 heterocycles. The predicted octanol–water partition coefficient (Wildman–Crippen LogP) is 6.39. The lowest BCUT2D eigenvalue weighted by Crippen LogP contribution is -2.23. The second kappa shape index (κ2) is 8.64. The van der Waals surface area contributed by atoms with E-state index in [0.29, 0.717) is 22.7 Å². The van der Waals surface area contributed by atoms with E-state index in [-0.39, 0.29) is 11.3 Å². The van der Waals surface area contributed by atoms with Gasteiger partial charge in [-0.05, 0) is 36.5 Å². The molecule has 1 aromatic carbocycles. The zero-order valence-electron chi connectivity index (χ0n) is 17.4. The monoisotopic (exact) mass is 453 g/mol. The van der Waals surface area contributed by atoms with Crippen molar-refractivity contribution in [2.75, 3.05) is 5.32 Å². The van der Waals surface area contributed by atoms with E-state index in [1.54, 1.807) is 4.52 Å². The number of benzene rings is 1. The van der Waals surface area contributed by atoms with Crippen LogP contribution in [0.1, 0.15) is 44.6 Å². The summed E-state index contributed by atoms with van der Waals surface area (Å²) in [7, 11) is 0. The predicted molar refractivity (Wildman–Crippen MR) is 128 cm³/mol. The fourth-order valence-corrected chi connectivity index (χ4v) is 4.78. The van der Waals surface area contributed by atoms with E-state index in [0.717, 1.165) is 35.2 Å². The van der Waals surface area contributed by atoms with Gasteiger partial charge < -0.3 is 5.32 Å². The Morgan fingerprint density at radius 2 is 1.87 bits per heavy atom. The molecular formula is C24H25Cl2N5. The summed E-state index contributed by atoms with van der Waals surface area (Å²) in [4.78, 5) is 0. The van der Waals surface area contributed by atoms with Crippen LogP contribution in [0.4, 0.5) is 5.95 Å². The third-order valence-electron chi connectivity index (χ3n) is 6.18. The smallest absolute Gasteiger partial charge is 0.246 e. The molecule has 2 aliphatic rings. The highest BCUT2D eigenvalue weighted by atomic mass is 35.5. The topological polar surface area (TPSA) is 55.1 Å². The Hall–Kier alpha value is -2.37. The minimum absolute atomic E-state index is 0.0106. The number of aromatic nitrogens is 4. The lowest BCUT2D eigenvalue weighted by Gasteiger charge is -2.22. The molecular weight excluding hydrogens is 429 g/mol. The standard InChI is InChI=1S/C24H25Cl2N5/c1-15-13-16(11-12-20(15)25)19-14-22-28-29-24(27-17-7-3-2-4-8-17)31(22)30-23(19)18-9-5-6-10-21(18)26/h5-6,9-15,17,20H,2-4,7-8H2,1H3,(H,27,29). The number of nitrogens with zero attached hydrogens (tertiary/aromatic N) is 4. The maximum absolute atomic E-state index is 6.59. The molecule has 0 radical (unpaired) electrons. The van der Waals surface area contributed by atoms with Crippen LogP contribution in [0.3, 0.4) is 0 Å². The number of hydrogen-bond donors (Lipinski definition) is 1. The van der Waals surface area contributed by atoms with E-state index < -0.39 is 0 Å². The van der Waals surface area contributed by atoms with E-state index in [1.807, 2.05) is 36.4 Å². The van der Waals surface area contributed by atoms with Gasteiger partial charge in [0.1, 0.15) is 5.69 Å². The molecule has 3 aromatic rings. The van der Waals surface area contributed by atoms with Crippen molar-refractivity contribution in [3.63, 3.8) is 0 Å². The minimum atomic E-state index is -0.0106.